The van der Waals surface area contributed by atoms with Crippen LogP contribution in [0.2, 0.25) is 5.02 Å². The Labute approximate surface area is 189 Å². The SMILES string of the molecule is Cc1ccc(CN2C(=O)[C@@](O)(CC(=O)c3ccc4c(c3)OCO4)c3cc(Cl)ccc32)cc1. The van der Waals surface area contributed by atoms with Crippen LogP contribution < -0.4 is 14.4 Å². The van der Waals surface area contributed by atoms with Crippen LogP contribution in [0.5, 0.6) is 11.5 Å². The van der Waals surface area contributed by atoms with Crippen LogP contribution in [0.1, 0.15) is 33.5 Å². The molecule has 162 valence electrons. The van der Waals surface area contributed by atoms with Gasteiger partial charge in [0.2, 0.25) is 6.79 Å². The number of aryl methyl sites for hydroxylation is 1. The summed E-state index contributed by atoms with van der Waals surface area (Å²) < 4.78 is 10.6. The molecule has 0 unspecified atom stereocenters. The van der Waals surface area contributed by atoms with Crippen LogP contribution in [-0.4, -0.2) is 23.6 Å². The van der Waals surface area contributed by atoms with Gasteiger partial charge in [0.05, 0.1) is 18.7 Å². The number of nitrogens with zero attached hydrogens (tertiary/aromatic N) is 1. The molecule has 0 bridgehead atoms. The molecule has 32 heavy (non-hydrogen) atoms. The molecule has 1 atom stereocenters. The highest BCUT2D eigenvalue weighted by atomic mass is 35.5. The first-order chi connectivity index (χ1) is 15.3. The van der Waals surface area contributed by atoms with E-state index in [1.165, 1.54) is 4.90 Å². The van der Waals surface area contributed by atoms with Crippen molar-refractivity contribution in [3.63, 3.8) is 0 Å². The number of hydrogen-bond donors (Lipinski definition) is 1. The third-order valence-electron chi connectivity index (χ3n) is 5.87. The van der Waals surface area contributed by atoms with Gasteiger partial charge >= 0.3 is 0 Å². The Morgan fingerprint density at radius 3 is 2.59 bits per heavy atom. The van der Waals surface area contributed by atoms with Crippen LogP contribution in [0.3, 0.4) is 0 Å². The first kappa shape index (κ1) is 20.5. The summed E-state index contributed by atoms with van der Waals surface area (Å²) in [6.45, 7) is 2.35. The van der Waals surface area contributed by atoms with Crippen LogP contribution in [0.25, 0.3) is 0 Å². The molecule has 2 aliphatic heterocycles. The number of benzene rings is 3. The van der Waals surface area contributed by atoms with Gasteiger partial charge in [-0.2, -0.15) is 0 Å². The second-order valence-corrected chi connectivity index (χ2v) is 8.50. The first-order valence-corrected chi connectivity index (χ1v) is 10.6. The van der Waals surface area contributed by atoms with E-state index in [4.69, 9.17) is 21.1 Å². The lowest BCUT2D eigenvalue weighted by molar-refractivity contribution is -0.136. The van der Waals surface area contributed by atoms with Crippen molar-refractivity contribution in [2.75, 3.05) is 11.7 Å². The molecule has 0 spiro atoms. The van der Waals surface area contributed by atoms with Crippen molar-refractivity contribution in [3.05, 3.63) is 87.9 Å². The highest BCUT2D eigenvalue weighted by molar-refractivity contribution is 6.31. The van der Waals surface area contributed by atoms with Gasteiger partial charge in [0.25, 0.3) is 5.91 Å². The fourth-order valence-electron chi connectivity index (χ4n) is 4.13. The van der Waals surface area contributed by atoms with Crippen molar-refractivity contribution in [2.45, 2.75) is 25.5 Å². The normalized spacial score (nSPS) is 18.7. The molecule has 0 aliphatic carbocycles. The average molecular weight is 450 g/mol. The van der Waals surface area contributed by atoms with Crippen molar-refractivity contribution in [3.8, 4) is 11.5 Å². The van der Waals surface area contributed by atoms with Crippen LogP contribution in [0.4, 0.5) is 5.69 Å². The third kappa shape index (κ3) is 3.42. The molecule has 0 saturated carbocycles. The van der Waals surface area contributed by atoms with Crippen LogP contribution in [0.15, 0.2) is 60.7 Å². The lowest BCUT2D eigenvalue weighted by Gasteiger charge is -2.23. The van der Waals surface area contributed by atoms with Crippen molar-refractivity contribution < 1.29 is 24.2 Å². The zero-order valence-corrected chi connectivity index (χ0v) is 18.1. The minimum atomic E-state index is -2.02. The van der Waals surface area contributed by atoms with E-state index in [0.717, 1.165) is 11.1 Å². The number of carbonyl (C=O) groups excluding carboxylic acids is 2. The molecule has 5 rings (SSSR count). The van der Waals surface area contributed by atoms with Crippen molar-refractivity contribution in [1.29, 1.82) is 0 Å². The van der Waals surface area contributed by atoms with Crippen LogP contribution >= 0.6 is 11.6 Å². The van der Waals surface area contributed by atoms with Crippen LogP contribution in [-0.2, 0) is 16.9 Å². The molecular weight excluding hydrogens is 430 g/mol. The van der Waals surface area contributed by atoms with Crippen LogP contribution in [0, 0.1) is 6.92 Å². The highest BCUT2D eigenvalue weighted by Gasteiger charge is 2.51. The smallest absolute Gasteiger partial charge is 0.264 e. The Balaban J connectivity index is 1.48. The van der Waals surface area contributed by atoms with Gasteiger partial charge < -0.3 is 19.5 Å². The number of amides is 1. The molecule has 3 aromatic carbocycles. The number of rotatable bonds is 5. The molecule has 1 N–H and O–H groups in total. The Morgan fingerprint density at radius 2 is 1.81 bits per heavy atom. The average Bonchev–Trinajstić information content (AvgIpc) is 3.32. The molecule has 2 aliphatic rings. The van der Waals surface area contributed by atoms with Gasteiger partial charge in [-0.05, 0) is 48.9 Å². The fraction of sp³-hybridized carbons (Fsp3) is 0.200. The molecule has 1 amide bonds. The number of halogens is 1. The van der Waals surface area contributed by atoms with Gasteiger partial charge in [-0.15, -0.1) is 0 Å². The number of Topliss-reactive ketones (excluding diaryl/α,β-unsaturated/α-hetero) is 1. The number of hydrogen-bond acceptors (Lipinski definition) is 5. The summed E-state index contributed by atoms with van der Waals surface area (Å²) in [5.41, 5.74) is 1.21. The predicted molar refractivity (Wildman–Crippen MR) is 119 cm³/mol. The third-order valence-corrected chi connectivity index (χ3v) is 6.10. The molecule has 0 fully saturated rings. The minimum absolute atomic E-state index is 0.0925. The Hall–Kier alpha value is -3.35. The quantitative estimate of drug-likeness (QED) is 0.585. The summed E-state index contributed by atoms with van der Waals surface area (Å²) in [5, 5.41) is 11.9. The molecular formula is C25H20ClNO5. The number of fused-ring (bicyclic) bond motifs is 2. The second kappa shape index (κ2) is 7.65. The topological polar surface area (TPSA) is 76.1 Å². The van der Waals surface area contributed by atoms with Crippen molar-refractivity contribution in [2.24, 2.45) is 0 Å². The maximum Gasteiger partial charge on any atom is 0.264 e. The molecule has 0 aromatic heterocycles. The summed E-state index contributed by atoms with van der Waals surface area (Å²) in [6, 6.07) is 17.5. The maximum atomic E-state index is 13.5. The summed E-state index contributed by atoms with van der Waals surface area (Å²) in [4.78, 5) is 28.0. The monoisotopic (exact) mass is 449 g/mol. The van der Waals surface area contributed by atoms with Gasteiger partial charge in [-0.25, -0.2) is 0 Å². The molecule has 2 heterocycles. The Morgan fingerprint density at radius 1 is 1.06 bits per heavy atom. The van der Waals surface area contributed by atoms with E-state index >= 15 is 0 Å². The van der Waals surface area contributed by atoms with E-state index in [1.807, 2.05) is 31.2 Å². The summed E-state index contributed by atoms with van der Waals surface area (Å²) in [5.74, 6) is 0.0790. The number of ether oxygens (including phenoxy) is 2. The van der Waals surface area contributed by atoms with E-state index in [0.29, 0.717) is 33.3 Å². The molecule has 7 heteroatoms. The summed E-state index contributed by atoms with van der Waals surface area (Å²) >= 11 is 6.18. The van der Waals surface area contributed by atoms with Crippen molar-refractivity contribution >= 4 is 29.0 Å². The van der Waals surface area contributed by atoms with Gasteiger partial charge in [-0.1, -0.05) is 41.4 Å². The van der Waals surface area contributed by atoms with E-state index in [1.54, 1.807) is 36.4 Å². The zero-order valence-electron chi connectivity index (χ0n) is 17.3. The zero-order chi connectivity index (χ0) is 22.5. The maximum absolute atomic E-state index is 13.5. The predicted octanol–water partition coefficient (Wildman–Crippen LogP) is 4.38. The van der Waals surface area contributed by atoms with Gasteiger partial charge in [0.15, 0.2) is 22.9 Å². The number of aliphatic hydroxyl groups is 1. The Bertz CT molecular complexity index is 1240. The standard InChI is InChI=1S/C25H20ClNO5/c1-15-2-4-16(5-3-15)13-27-20-8-7-18(26)11-19(20)25(30,24(27)29)12-21(28)17-6-9-22-23(10-17)32-14-31-22/h2-11,30H,12-14H2,1H3/t25-/m1/s1. The van der Waals surface area contributed by atoms with E-state index in [9.17, 15) is 14.7 Å². The lowest BCUT2D eigenvalue weighted by Crippen LogP contribution is -2.41. The van der Waals surface area contributed by atoms with Crippen molar-refractivity contribution in [1.82, 2.24) is 0 Å². The van der Waals surface area contributed by atoms with E-state index in [-0.39, 0.29) is 19.1 Å². The molecule has 3 aromatic rings. The number of ketones is 1. The van der Waals surface area contributed by atoms with E-state index in [2.05, 4.69) is 0 Å². The van der Waals surface area contributed by atoms with Gasteiger partial charge in [0, 0.05) is 16.1 Å². The van der Waals surface area contributed by atoms with E-state index < -0.39 is 17.9 Å². The summed E-state index contributed by atoms with van der Waals surface area (Å²) in [7, 11) is 0. The fourth-order valence-corrected chi connectivity index (χ4v) is 4.30. The number of carbonyl (C=O) groups is 2. The number of anilines is 1. The first-order valence-electron chi connectivity index (χ1n) is 10.2. The largest absolute Gasteiger partial charge is 0.454 e. The Kier molecular flexibility index (Phi) is 4.92. The van der Waals surface area contributed by atoms with Gasteiger partial charge in [0.1, 0.15) is 0 Å². The molecule has 6 nitrogen and oxygen atoms in total. The second-order valence-electron chi connectivity index (χ2n) is 8.07. The minimum Gasteiger partial charge on any atom is -0.454 e. The molecule has 0 radical (unpaired) electrons. The summed E-state index contributed by atoms with van der Waals surface area (Å²) in [6.07, 6.45) is -0.413. The lowest BCUT2D eigenvalue weighted by atomic mass is 9.88. The van der Waals surface area contributed by atoms with Gasteiger partial charge in [-0.3, -0.25) is 9.59 Å². The molecule has 0 saturated heterocycles. The highest BCUT2D eigenvalue weighted by Crippen LogP contribution is 2.45.